The molecule has 1 aromatic heterocycles. The molecule has 2 aliphatic rings. The second-order valence-corrected chi connectivity index (χ2v) is 8.23. The van der Waals surface area contributed by atoms with Crippen molar-refractivity contribution in [2.45, 2.75) is 39.3 Å². The average molecular weight is 388 g/mol. The number of nitrogens with zero attached hydrogens (tertiary/aromatic N) is 4. The summed E-state index contributed by atoms with van der Waals surface area (Å²) in [5.41, 5.74) is 2.62. The number of anilines is 2. The highest BCUT2D eigenvalue weighted by atomic mass is 32.1. The number of amides is 1. The van der Waals surface area contributed by atoms with E-state index in [1.165, 1.54) is 29.4 Å². The lowest BCUT2D eigenvalue weighted by Gasteiger charge is -2.38. The number of rotatable bonds is 4. The van der Waals surface area contributed by atoms with E-state index in [0.717, 1.165) is 43.5 Å². The molecule has 1 saturated heterocycles. The maximum absolute atomic E-state index is 11.1. The minimum atomic E-state index is -0.121. The fourth-order valence-corrected chi connectivity index (χ4v) is 4.58. The summed E-state index contributed by atoms with van der Waals surface area (Å²) in [7, 11) is 0. The minimum absolute atomic E-state index is 0.121. The van der Waals surface area contributed by atoms with Gasteiger partial charge in [0.05, 0.1) is 0 Å². The van der Waals surface area contributed by atoms with Crippen LogP contribution in [0.3, 0.4) is 0 Å². The largest absolute Gasteiger partial charge is 0.490 e. The molecule has 2 aliphatic heterocycles. The molecule has 0 radical (unpaired) electrons. The molecule has 1 amide bonds. The summed E-state index contributed by atoms with van der Waals surface area (Å²) in [6.45, 7) is 9.58. The van der Waals surface area contributed by atoms with Gasteiger partial charge in [-0.1, -0.05) is 23.5 Å². The number of ether oxygens (including phenoxy) is 1. The predicted octanol–water partition coefficient (Wildman–Crippen LogP) is 2.70. The lowest BCUT2D eigenvalue weighted by atomic mass is 10.0. The lowest BCUT2D eigenvalue weighted by Crippen LogP contribution is -2.47. The molecule has 144 valence electrons. The molecule has 8 heteroatoms. The highest BCUT2D eigenvalue weighted by Gasteiger charge is 2.26. The van der Waals surface area contributed by atoms with E-state index >= 15 is 0 Å². The van der Waals surface area contributed by atoms with Crippen LogP contribution in [0.1, 0.15) is 37.9 Å². The van der Waals surface area contributed by atoms with Crippen LogP contribution in [0.15, 0.2) is 18.2 Å². The number of fused-ring (bicyclic) bond motifs is 1. The Hall–Kier alpha value is -2.19. The number of benzene rings is 1. The summed E-state index contributed by atoms with van der Waals surface area (Å²) in [5, 5.41) is 12.4. The molecule has 0 bridgehead atoms. The van der Waals surface area contributed by atoms with Crippen molar-refractivity contribution in [2.24, 2.45) is 0 Å². The zero-order valence-corrected chi connectivity index (χ0v) is 16.8. The van der Waals surface area contributed by atoms with Gasteiger partial charge in [-0.15, -0.1) is 10.2 Å². The number of aromatic nitrogens is 2. The molecule has 0 aliphatic carbocycles. The molecule has 2 atom stereocenters. The number of hydrogen-bond acceptors (Lipinski definition) is 7. The Labute approximate surface area is 163 Å². The molecule has 4 rings (SSSR count). The molecule has 2 aromatic rings. The molecule has 7 nitrogen and oxygen atoms in total. The SMILES string of the molecule is CC(=O)Nc1nnc(N2CCN([C@H](C)c3ccc4c(c3)OC(C)C4)CC2)s1. The van der Waals surface area contributed by atoms with Crippen LogP contribution in [-0.2, 0) is 11.2 Å². The first-order valence-corrected chi connectivity index (χ1v) is 10.2. The molecule has 27 heavy (non-hydrogen) atoms. The van der Waals surface area contributed by atoms with Crippen molar-refractivity contribution in [1.82, 2.24) is 15.1 Å². The topological polar surface area (TPSA) is 70.6 Å². The van der Waals surface area contributed by atoms with Crippen LogP contribution in [0.2, 0.25) is 0 Å². The van der Waals surface area contributed by atoms with Crippen LogP contribution in [0.25, 0.3) is 0 Å². The third-order valence-electron chi connectivity index (χ3n) is 5.24. The van der Waals surface area contributed by atoms with E-state index in [9.17, 15) is 4.79 Å². The number of carbonyl (C=O) groups excluding carboxylic acids is 1. The van der Waals surface area contributed by atoms with Gasteiger partial charge in [-0.25, -0.2) is 0 Å². The smallest absolute Gasteiger partial charge is 0.223 e. The summed E-state index contributed by atoms with van der Waals surface area (Å²) >= 11 is 1.42. The summed E-state index contributed by atoms with van der Waals surface area (Å²) in [6, 6.07) is 7.01. The van der Waals surface area contributed by atoms with Crippen LogP contribution in [0.5, 0.6) is 5.75 Å². The predicted molar refractivity (Wildman–Crippen MR) is 107 cm³/mol. The number of piperazine rings is 1. The highest BCUT2D eigenvalue weighted by molar-refractivity contribution is 7.19. The molecular formula is C19H25N5O2S. The fourth-order valence-electron chi connectivity index (χ4n) is 3.73. The minimum Gasteiger partial charge on any atom is -0.490 e. The summed E-state index contributed by atoms with van der Waals surface area (Å²) < 4.78 is 5.92. The third-order valence-corrected chi connectivity index (χ3v) is 6.14. The van der Waals surface area contributed by atoms with E-state index in [4.69, 9.17) is 4.74 Å². The van der Waals surface area contributed by atoms with Crippen molar-refractivity contribution in [3.05, 3.63) is 29.3 Å². The monoisotopic (exact) mass is 387 g/mol. The Morgan fingerprint density at radius 2 is 2.07 bits per heavy atom. The van der Waals surface area contributed by atoms with E-state index < -0.39 is 0 Å². The van der Waals surface area contributed by atoms with Gasteiger partial charge in [0.15, 0.2) is 0 Å². The normalized spacial score (nSPS) is 20.9. The van der Waals surface area contributed by atoms with Crippen LogP contribution in [0, 0.1) is 0 Å². The van der Waals surface area contributed by atoms with Crippen LogP contribution >= 0.6 is 11.3 Å². The third kappa shape index (κ3) is 3.91. The van der Waals surface area contributed by atoms with E-state index in [-0.39, 0.29) is 12.0 Å². The standard InChI is InChI=1S/C19H25N5O2S/c1-12-10-16-5-4-15(11-17(16)26-12)13(2)23-6-8-24(9-7-23)19-22-21-18(27-19)20-14(3)25/h4-5,11-13H,6-10H2,1-3H3,(H,20,21,25)/t12?,13-/m1/s1. The first-order valence-electron chi connectivity index (χ1n) is 9.39. The zero-order chi connectivity index (χ0) is 19.0. The maximum Gasteiger partial charge on any atom is 0.223 e. The Kier molecular flexibility index (Phi) is 5.01. The van der Waals surface area contributed by atoms with E-state index in [2.05, 4.69) is 57.4 Å². The van der Waals surface area contributed by atoms with E-state index in [1.807, 2.05) is 0 Å². The first kappa shape index (κ1) is 18.2. The Morgan fingerprint density at radius 3 is 2.81 bits per heavy atom. The van der Waals surface area contributed by atoms with Crippen molar-refractivity contribution in [3.63, 3.8) is 0 Å². The van der Waals surface area contributed by atoms with Crippen LogP contribution < -0.4 is 15.0 Å². The van der Waals surface area contributed by atoms with Crippen molar-refractivity contribution in [2.75, 3.05) is 36.4 Å². The lowest BCUT2D eigenvalue weighted by molar-refractivity contribution is -0.114. The summed E-state index contributed by atoms with van der Waals surface area (Å²) in [4.78, 5) is 15.9. The van der Waals surface area contributed by atoms with Gasteiger partial charge in [0.2, 0.25) is 16.2 Å². The van der Waals surface area contributed by atoms with Gasteiger partial charge in [-0.05, 0) is 31.0 Å². The van der Waals surface area contributed by atoms with E-state index in [1.54, 1.807) is 0 Å². The quantitative estimate of drug-likeness (QED) is 0.870. The Bertz CT molecular complexity index is 831. The second-order valence-electron chi connectivity index (χ2n) is 7.27. The van der Waals surface area contributed by atoms with Gasteiger partial charge in [-0.2, -0.15) is 0 Å². The molecule has 3 heterocycles. The molecule has 1 fully saturated rings. The van der Waals surface area contributed by atoms with Crippen molar-refractivity contribution >= 4 is 27.5 Å². The van der Waals surface area contributed by atoms with Gasteiger partial charge in [0.1, 0.15) is 11.9 Å². The maximum atomic E-state index is 11.1. The molecule has 0 saturated carbocycles. The van der Waals surface area contributed by atoms with Crippen LogP contribution in [0.4, 0.5) is 10.3 Å². The zero-order valence-electron chi connectivity index (χ0n) is 15.9. The molecule has 0 spiro atoms. The Balaban J connectivity index is 1.37. The van der Waals surface area contributed by atoms with Crippen molar-refractivity contribution < 1.29 is 9.53 Å². The molecular weight excluding hydrogens is 362 g/mol. The van der Waals surface area contributed by atoms with Gasteiger partial charge < -0.3 is 15.0 Å². The molecule has 1 aromatic carbocycles. The summed E-state index contributed by atoms with van der Waals surface area (Å²) in [5.74, 6) is 0.925. The van der Waals surface area contributed by atoms with Gasteiger partial charge in [0.25, 0.3) is 0 Å². The first-order chi connectivity index (χ1) is 13.0. The fraction of sp³-hybridized carbons (Fsp3) is 0.526. The molecule has 1 N–H and O–H groups in total. The number of nitrogens with one attached hydrogen (secondary N) is 1. The van der Waals surface area contributed by atoms with Gasteiger partial charge >= 0.3 is 0 Å². The average Bonchev–Trinajstić information content (AvgIpc) is 3.25. The highest BCUT2D eigenvalue weighted by Crippen LogP contribution is 2.33. The second kappa shape index (κ2) is 7.44. The van der Waals surface area contributed by atoms with Crippen molar-refractivity contribution in [3.8, 4) is 5.75 Å². The number of hydrogen-bond donors (Lipinski definition) is 1. The van der Waals surface area contributed by atoms with Gasteiger partial charge in [0, 0.05) is 45.6 Å². The van der Waals surface area contributed by atoms with Crippen molar-refractivity contribution in [1.29, 1.82) is 0 Å². The van der Waals surface area contributed by atoms with E-state index in [0.29, 0.717) is 11.2 Å². The van der Waals surface area contributed by atoms with Gasteiger partial charge in [-0.3, -0.25) is 9.69 Å². The molecule has 1 unspecified atom stereocenters. The number of carbonyl (C=O) groups is 1. The summed E-state index contributed by atoms with van der Waals surface area (Å²) in [6.07, 6.45) is 1.29. The Morgan fingerprint density at radius 1 is 1.30 bits per heavy atom. The van der Waals surface area contributed by atoms with Crippen LogP contribution in [-0.4, -0.2) is 53.3 Å².